The summed E-state index contributed by atoms with van der Waals surface area (Å²) in [6.07, 6.45) is -0.492. The molecule has 2 N–H and O–H groups in total. The van der Waals surface area contributed by atoms with Crippen LogP contribution in [0.5, 0.6) is 0 Å². The number of carbonyl (C=O) groups excluding carboxylic acids is 1. The largest absolute Gasteiger partial charge is 0.448 e. The number of amides is 1. The maximum atomic E-state index is 12.2. The second-order valence-electron chi connectivity index (χ2n) is 6.81. The lowest BCUT2D eigenvalue weighted by molar-refractivity contribution is 0.158. The topological polar surface area (TPSA) is 67.0 Å². The molecule has 3 aromatic rings. The number of hydrogen-bond donors (Lipinski definition) is 2. The van der Waals surface area contributed by atoms with Gasteiger partial charge in [0.25, 0.3) is 0 Å². The van der Waals surface area contributed by atoms with Gasteiger partial charge in [-0.15, -0.1) is 0 Å². The quantitative estimate of drug-likeness (QED) is 0.706. The highest BCUT2D eigenvalue weighted by molar-refractivity contribution is 5.84. The van der Waals surface area contributed by atoms with Gasteiger partial charge in [-0.05, 0) is 28.2 Å². The molecule has 1 amide bonds. The summed E-state index contributed by atoms with van der Waals surface area (Å²) in [4.78, 5) is 12.2. The average molecular weight is 347 g/mol. The van der Waals surface area contributed by atoms with Crippen molar-refractivity contribution in [1.29, 1.82) is 0 Å². The molecule has 0 fully saturated rings. The summed E-state index contributed by atoms with van der Waals surface area (Å²) >= 11 is 0. The molecule has 0 aliphatic heterocycles. The van der Waals surface area contributed by atoms with Crippen molar-refractivity contribution in [2.75, 3.05) is 11.9 Å². The van der Waals surface area contributed by atoms with Crippen LogP contribution in [-0.4, -0.2) is 22.9 Å². The zero-order valence-electron chi connectivity index (χ0n) is 14.8. The number of ether oxygens (including phenoxy) is 1. The van der Waals surface area contributed by atoms with Gasteiger partial charge >= 0.3 is 6.09 Å². The summed E-state index contributed by atoms with van der Waals surface area (Å²) in [6.45, 7) is 4.41. The first-order chi connectivity index (χ1) is 12.6. The fourth-order valence-electron chi connectivity index (χ4n) is 3.44. The number of hydrogen-bond acceptors (Lipinski definition) is 3. The molecule has 0 saturated carbocycles. The normalized spacial score (nSPS) is 12.7. The van der Waals surface area contributed by atoms with Crippen molar-refractivity contribution >= 4 is 11.9 Å². The third-order valence-corrected chi connectivity index (χ3v) is 4.79. The highest BCUT2D eigenvalue weighted by Gasteiger charge is 2.29. The Morgan fingerprint density at radius 3 is 2.31 bits per heavy atom. The van der Waals surface area contributed by atoms with Gasteiger partial charge in [-0.1, -0.05) is 62.4 Å². The number of aromatic nitrogens is 2. The molecule has 0 spiro atoms. The van der Waals surface area contributed by atoms with E-state index in [1.165, 1.54) is 22.3 Å². The minimum atomic E-state index is -0.492. The molecule has 0 atom stereocenters. The predicted octanol–water partition coefficient (Wildman–Crippen LogP) is 4.89. The van der Waals surface area contributed by atoms with E-state index in [4.69, 9.17) is 4.74 Å². The van der Waals surface area contributed by atoms with Crippen LogP contribution >= 0.6 is 0 Å². The van der Waals surface area contributed by atoms with Gasteiger partial charge in [0.2, 0.25) is 0 Å². The molecule has 0 bridgehead atoms. The predicted molar refractivity (Wildman–Crippen MR) is 101 cm³/mol. The Balaban J connectivity index is 1.46. The minimum absolute atomic E-state index is 0.0542. The van der Waals surface area contributed by atoms with Crippen LogP contribution in [0.4, 0.5) is 10.6 Å². The van der Waals surface area contributed by atoms with Gasteiger partial charge in [-0.2, -0.15) is 5.10 Å². The molecular formula is C21H21N3O2. The number of aromatic amines is 1. The number of anilines is 1. The molecule has 4 rings (SSSR count). The molecule has 1 aliphatic rings. The summed E-state index contributed by atoms with van der Waals surface area (Å²) in [5, 5.41) is 9.69. The highest BCUT2D eigenvalue weighted by atomic mass is 16.5. The Morgan fingerprint density at radius 1 is 1.12 bits per heavy atom. The molecule has 26 heavy (non-hydrogen) atoms. The molecule has 5 heteroatoms. The fraction of sp³-hybridized carbons (Fsp3) is 0.238. The number of benzene rings is 2. The van der Waals surface area contributed by atoms with Gasteiger partial charge in [0.1, 0.15) is 6.61 Å². The second kappa shape index (κ2) is 6.67. The van der Waals surface area contributed by atoms with Crippen molar-refractivity contribution in [3.05, 3.63) is 71.4 Å². The van der Waals surface area contributed by atoms with Crippen molar-refractivity contribution in [1.82, 2.24) is 10.2 Å². The molecule has 1 aromatic heterocycles. The number of fused-ring (bicyclic) bond motifs is 3. The van der Waals surface area contributed by atoms with Crippen molar-refractivity contribution in [2.45, 2.75) is 25.7 Å². The molecule has 1 aliphatic carbocycles. The number of nitrogens with one attached hydrogen (secondary N) is 2. The zero-order chi connectivity index (χ0) is 18.1. The van der Waals surface area contributed by atoms with Crippen molar-refractivity contribution in [3.8, 4) is 11.1 Å². The first-order valence-corrected chi connectivity index (χ1v) is 8.81. The van der Waals surface area contributed by atoms with E-state index >= 15 is 0 Å². The zero-order valence-corrected chi connectivity index (χ0v) is 14.8. The lowest BCUT2D eigenvalue weighted by Gasteiger charge is -2.14. The Labute approximate surface area is 152 Å². The van der Waals surface area contributed by atoms with Crippen LogP contribution in [-0.2, 0) is 4.74 Å². The summed E-state index contributed by atoms with van der Waals surface area (Å²) in [7, 11) is 0. The van der Waals surface area contributed by atoms with Crippen LogP contribution in [0.15, 0.2) is 54.6 Å². The van der Waals surface area contributed by atoms with Crippen molar-refractivity contribution in [3.63, 3.8) is 0 Å². The van der Waals surface area contributed by atoms with E-state index in [9.17, 15) is 4.79 Å². The van der Waals surface area contributed by atoms with Crippen LogP contribution in [0.3, 0.4) is 0 Å². The molecule has 0 unspecified atom stereocenters. The van der Waals surface area contributed by atoms with Gasteiger partial charge in [-0.25, -0.2) is 4.79 Å². The Hall–Kier alpha value is -3.08. The Morgan fingerprint density at radius 2 is 1.73 bits per heavy atom. The van der Waals surface area contributed by atoms with Gasteiger partial charge in [0.15, 0.2) is 5.82 Å². The monoisotopic (exact) mass is 347 g/mol. The summed E-state index contributed by atoms with van der Waals surface area (Å²) < 4.78 is 5.51. The van der Waals surface area contributed by atoms with E-state index in [0.717, 1.165) is 5.69 Å². The summed E-state index contributed by atoms with van der Waals surface area (Å²) in [6, 6.07) is 18.4. The number of rotatable bonds is 4. The van der Waals surface area contributed by atoms with Gasteiger partial charge in [0.05, 0.1) is 0 Å². The van der Waals surface area contributed by atoms with Crippen LogP contribution in [0.25, 0.3) is 11.1 Å². The number of nitrogens with zero attached hydrogens (tertiary/aromatic N) is 1. The number of carbonyl (C=O) groups is 1. The van der Waals surface area contributed by atoms with Crippen molar-refractivity contribution < 1.29 is 9.53 Å². The molecule has 0 radical (unpaired) electrons. The van der Waals surface area contributed by atoms with Gasteiger partial charge < -0.3 is 4.74 Å². The van der Waals surface area contributed by atoms with E-state index in [1.54, 1.807) is 0 Å². The standard InChI is InChI=1S/C21H21N3O2/c1-13(2)19-11-20(24-23-19)22-21(25)26-12-18-16-9-5-3-7-14(16)15-8-4-6-10-17(15)18/h3-11,13,18H,12H2,1-2H3,(H2,22,23,24,25). The first-order valence-electron chi connectivity index (χ1n) is 8.81. The molecule has 2 aromatic carbocycles. The minimum Gasteiger partial charge on any atom is -0.448 e. The fourth-order valence-corrected chi connectivity index (χ4v) is 3.44. The van der Waals surface area contributed by atoms with Crippen molar-refractivity contribution in [2.24, 2.45) is 0 Å². The lowest BCUT2D eigenvalue weighted by Crippen LogP contribution is -2.18. The van der Waals surface area contributed by atoms with E-state index < -0.39 is 6.09 Å². The Kier molecular flexibility index (Phi) is 4.21. The second-order valence-corrected chi connectivity index (χ2v) is 6.81. The maximum Gasteiger partial charge on any atom is 0.412 e. The smallest absolute Gasteiger partial charge is 0.412 e. The maximum absolute atomic E-state index is 12.2. The van der Waals surface area contributed by atoms with Crippen LogP contribution < -0.4 is 5.32 Å². The van der Waals surface area contributed by atoms with E-state index in [2.05, 4.69) is 53.6 Å². The third-order valence-electron chi connectivity index (χ3n) is 4.79. The van der Waals surface area contributed by atoms with E-state index in [1.807, 2.05) is 30.3 Å². The molecule has 132 valence electrons. The highest BCUT2D eigenvalue weighted by Crippen LogP contribution is 2.44. The first kappa shape index (κ1) is 16.4. The molecule has 1 heterocycles. The van der Waals surface area contributed by atoms with Crippen LogP contribution in [0.1, 0.15) is 42.5 Å². The van der Waals surface area contributed by atoms with Crippen LogP contribution in [0, 0.1) is 0 Å². The number of H-pyrrole nitrogens is 1. The SMILES string of the molecule is CC(C)c1cc(NC(=O)OCC2c3ccccc3-c3ccccc32)n[nH]1. The summed E-state index contributed by atoms with van der Waals surface area (Å²) in [5.41, 5.74) is 5.79. The van der Waals surface area contributed by atoms with Gasteiger partial charge in [0, 0.05) is 17.7 Å². The summed E-state index contributed by atoms with van der Waals surface area (Å²) in [5.74, 6) is 0.852. The molecule has 5 nitrogen and oxygen atoms in total. The molecular weight excluding hydrogens is 326 g/mol. The van der Waals surface area contributed by atoms with Gasteiger partial charge in [-0.3, -0.25) is 10.4 Å². The third kappa shape index (κ3) is 2.96. The molecule has 0 saturated heterocycles. The average Bonchev–Trinajstić information content (AvgIpc) is 3.23. The lowest BCUT2D eigenvalue weighted by atomic mass is 9.98. The van der Waals surface area contributed by atoms with Crippen LogP contribution in [0.2, 0.25) is 0 Å². The van der Waals surface area contributed by atoms with E-state index in [-0.39, 0.29) is 5.92 Å². The Bertz CT molecular complexity index is 900. The van der Waals surface area contributed by atoms with E-state index in [0.29, 0.717) is 18.3 Å².